The average molecular weight is 314 g/mol. The topological polar surface area (TPSA) is 55.1 Å². The number of hydrogen-bond donors (Lipinski definition) is 1. The van der Waals surface area contributed by atoms with E-state index in [2.05, 4.69) is 16.7 Å². The molecule has 18 heavy (non-hydrogen) atoms. The number of hydrogen-bond acceptors (Lipinski definition) is 3. The van der Waals surface area contributed by atoms with Crippen LogP contribution in [0.5, 0.6) is 0 Å². The van der Waals surface area contributed by atoms with Crippen molar-refractivity contribution in [2.75, 3.05) is 6.54 Å². The Balaban J connectivity index is 0.00000120. The maximum absolute atomic E-state index is 10.6. The van der Waals surface area contributed by atoms with Gasteiger partial charge >= 0.3 is 0 Å². The number of benzene rings is 1. The van der Waals surface area contributed by atoms with E-state index in [4.69, 9.17) is 12.3 Å². The molecule has 1 amide bonds. The molecule has 1 aromatic carbocycles. The van der Waals surface area contributed by atoms with Crippen molar-refractivity contribution in [3.63, 3.8) is 0 Å². The van der Waals surface area contributed by atoms with Crippen molar-refractivity contribution in [2.24, 2.45) is 5.92 Å². The molecule has 3 rings (SSSR count). The molecule has 0 saturated heterocycles. The summed E-state index contributed by atoms with van der Waals surface area (Å²) in [4.78, 5) is 14.6. The number of para-hydroxylation sites is 1. The fraction of sp³-hybridized carbons (Fsp3) is 0.333. The molecule has 2 atom stereocenters. The molecule has 1 saturated carbocycles. The fourth-order valence-corrected chi connectivity index (χ4v) is 2.24. The van der Waals surface area contributed by atoms with Crippen LogP contribution in [0.1, 0.15) is 17.9 Å². The van der Waals surface area contributed by atoms with E-state index in [1.807, 2.05) is 18.2 Å². The molecule has 1 heterocycles. The van der Waals surface area contributed by atoms with E-state index in [1.165, 1.54) is 0 Å². The van der Waals surface area contributed by atoms with Crippen LogP contribution in [0.3, 0.4) is 0 Å². The predicted molar refractivity (Wildman–Crippen MR) is 62.8 cm³/mol. The summed E-state index contributed by atoms with van der Waals surface area (Å²) in [6.45, 7) is 0.619. The van der Waals surface area contributed by atoms with Gasteiger partial charge in [-0.05, 0) is 29.4 Å². The molecule has 6 heteroatoms. The third kappa shape index (κ3) is 2.67. The third-order valence-corrected chi connectivity index (χ3v) is 3.20. The smallest absolute Gasteiger partial charge is 0.200 e. The molecule has 0 spiro atoms. The van der Waals surface area contributed by atoms with E-state index >= 15 is 0 Å². The van der Waals surface area contributed by atoms with Crippen LogP contribution in [0.25, 0.3) is 11.1 Å². The first kappa shape index (κ1) is 13.8. The maximum Gasteiger partial charge on any atom is 0.200 e. The largest absolute Gasteiger partial charge is 0.573 e. The van der Waals surface area contributed by atoms with Gasteiger partial charge in [-0.1, -0.05) is 17.7 Å². The second-order valence-corrected chi connectivity index (χ2v) is 4.35. The summed E-state index contributed by atoms with van der Waals surface area (Å²) < 4.78 is 5.28. The van der Waals surface area contributed by atoms with Crippen molar-refractivity contribution >= 4 is 24.8 Å². The van der Waals surface area contributed by atoms with Gasteiger partial charge in [-0.3, -0.25) is 4.79 Å². The van der Waals surface area contributed by atoms with E-state index in [0.717, 1.165) is 23.1 Å². The number of carbonyl (C=O) groups is 1. The molecule has 1 fully saturated rings. The van der Waals surface area contributed by atoms with Crippen LogP contribution < -0.4 is 5.32 Å². The zero-order chi connectivity index (χ0) is 11.8. The summed E-state index contributed by atoms with van der Waals surface area (Å²) in [7, 11) is 5.04. The van der Waals surface area contributed by atoms with Gasteiger partial charge in [-0.2, -0.15) is 0 Å². The first-order valence-electron chi connectivity index (χ1n) is 5.54. The van der Waals surface area contributed by atoms with Gasteiger partial charge in [0.15, 0.2) is 13.7 Å². The van der Waals surface area contributed by atoms with Crippen LogP contribution in [-0.4, -0.2) is 25.2 Å². The number of rotatable bonds is 3. The van der Waals surface area contributed by atoms with Gasteiger partial charge in [0.2, 0.25) is 0 Å². The Bertz CT molecular complexity index is 572. The van der Waals surface area contributed by atoms with E-state index < -0.39 is 5.81 Å². The minimum Gasteiger partial charge on any atom is -0.573 e. The second kappa shape index (κ2) is 5.53. The molecule has 4 nitrogen and oxygen atoms in total. The van der Waals surface area contributed by atoms with E-state index in [9.17, 15) is 4.79 Å². The number of nitrogens with zero attached hydrogens (tertiary/aromatic N) is 1. The molecule has 1 aliphatic rings. The van der Waals surface area contributed by atoms with Crippen LogP contribution >= 0.6 is 0 Å². The van der Waals surface area contributed by atoms with Crippen LogP contribution in [0.2, 0.25) is 0 Å². The maximum atomic E-state index is 10.6. The summed E-state index contributed by atoms with van der Waals surface area (Å²) in [5.41, 5.74) is 2.78. The SMILES string of the molecule is [B]C(=O)NC[C@@H]1C[C@H]1c1cccc2n[c-]oc12.[Y]. The Morgan fingerprint density at radius 1 is 1.61 bits per heavy atom. The zero-order valence-corrected chi connectivity index (χ0v) is 12.6. The first-order valence-corrected chi connectivity index (χ1v) is 5.54. The minimum atomic E-state index is -0.471. The molecule has 0 bridgehead atoms. The number of fused-ring (bicyclic) bond motifs is 1. The van der Waals surface area contributed by atoms with E-state index in [0.29, 0.717) is 18.4 Å². The number of aromatic nitrogens is 1. The van der Waals surface area contributed by atoms with Gasteiger partial charge < -0.3 is 14.7 Å². The molecule has 1 N–H and O–H groups in total. The van der Waals surface area contributed by atoms with Crippen LogP contribution in [0.4, 0.5) is 4.79 Å². The molecule has 1 aliphatic carbocycles. The van der Waals surface area contributed by atoms with Crippen molar-refractivity contribution in [2.45, 2.75) is 12.3 Å². The molecular weight excluding hydrogens is 304 g/mol. The van der Waals surface area contributed by atoms with Crippen LogP contribution in [0.15, 0.2) is 22.6 Å². The van der Waals surface area contributed by atoms with Crippen molar-refractivity contribution in [1.29, 1.82) is 0 Å². The van der Waals surface area contributed by atoms with Gasteiger partial charge in [0.1, 0.15) is 6.39 Å². The summed E-state index contributed by atoms with van der Waals surface area (Å²) in [5.74, 6) is 0.395. The van der Waals surface area contributed by atoms with Crippen molar-refractivity contribution < 1.29 is 41.9 Å². The zero-order valence-electron chi connectivity index (χ0n) is 9.72. The monoisotopic (exact) mass is 314 g/mol. The van der Waals surface area contributed by atoms with E-state index in [-0.39, 0.29) is 32.7 Å². The first-order chi connectivity index (χ1) is 8.25. The fourth-order valence-electron chi connectivity index (χ4n) is 2.24. The van der Waals surface area contributed by atoms with Gasteiger partial charge in [0.05, 0.1) is 0 Å². The Morgan fingerprint density at radius 2 is 2.44 bits per heavy atom. The number of oxazole rings is 1. The molecular formula is C12H10BN2O2Y-. The standard InChI is InChI=1S/C12H10BN2O2.Y/c13-12(16)14-5-7-4-9(7)8-2-1-3-10-11(8)17-6-15-10;/h1-3,7,9H,4-5H2,(H,14,16);/q-1;/t7-,9+;/m0./s1. The minimum absolute atomic E-state index is 0. The van der Waals surface area contributed by atoms with Gasteiger partial charge in [0.25, 0.3) is 0 Å². The third-order valence-electron chi connectivity index (χ3n) is 3.20. The van der Waals surface area contributed by atoms with Gasteiger partial charge in [-0.25, -0.2) is 0 Å². The molecule has 87 valence electrons. The quantitative estimate of drug-likeness (QED) is 0.692. The summed E-state index contributed by atoms with van der Waals surface area (Å²) in [6.07, 6.45) is 3.55. The Labute approximate surface area is 131 Å². The van der Waals surface area contributed by atoms with Crippen molar-refractivity contribution in [3.05, 3.63) is 30.2 Å². The van der Waals surface area contributed by atoms with Gasteiger partial charge in [0, 0.05) is 39.3 Å². The summed E-state index contributed by atoms with van der Waals surface area (Å²) in [6, 6.07) is 5.90. The summed E-state index contributed by atoms with van der Waals surface area (Å²) >= 11 is 0. The van der Waals surface area contributed by atoms with Crippen molar-refractivity contribution in [1.82, 2.24) is 10.3 Å². The predicted octanol–water partition coefficient (Wildman–Crippen LogP) is 1.61. The Kier molecular flexibility index (Phi) is 4.23. The number of carbonyl (C=O) groups excluding carboxylic acids is 1. The molecule has 1 aromatic heterocycles. The van der Waals surface area contributed by atoms with Crippen LogP contribution in [0, 0.1) is 12.3 Å². The molecule has 3 radical (unpaired) electrons. The molecule has 2 aromatic rings. The molecule has 0 unspecified atom stereocenters. The second-order valence-electron chi connectivity index (χ2n) is 4.35. The van der Waals surface area contributed by atoms with Crippen molar-refractivity contribution in [3.8, 4) is 0 Å². The normalized spacial score (nSPS) is 21.3. The Hall–Kier alpha value is -0.671. The molecule has 0 aliphatic heterocycles. The number of nitrogens with one attached hydrogen (secondary N) is 1. The number of amides is 1. The van der Waals surface area contributed by atoms with Crippen LogP contribution in [-0.2, 0) is 32.7 Å². The summed E-state index contributed by atoms with van der Waals surface area (Å²) in [5, 5.41) is 2.63. The van der Waals surface area contributed by atoms with E-state index in [1.54, 1.807) is 0 Å². The average Bonchev–Trinajstić information content (AvgIpc) is 2.92. The Morgan fingerprint density at radius 3 is 3.22 bits per heavy atom. The van der Waals surface area contributed by atoms with Gasteiger partial charge in [-0.15, -0.1) is 6.07 Å².